The van der Waals surface area contributed by atoms with Crippen molar-refractivity contribution in [3.8, 4) is 0 Å². The van der Waals surface area contributed by atoms with Gasteiger partial charge in [0.1, 0.15) is 5.78 Å². The molecule has 2 nitrogen and oxygen atoms in total. The van der Waals surface area contributed by atoms with Crippen LogP contribution in [0.4, 0.5) is 0 Å². The Morgan fingerprint density at radius 3 is 2.69 bits per heavy atom. The quantitative estimate of drug-likeness (QED) is 0.626. The molecule has 2 bridgehead atoms. The number of carbonyl (C=O) groups excluding carboxylic acids is 2. The predicted molar refractivity (Wildman–Crippen MR) is 60.8 cm³/mol. The summed E-state index contributed by atoms with van der Waals surface area (Å²) in [6.45, 7) is 6.32. The van der Waals surface area contributed by atoms with Crippen molar-refractivity contribution >= 4 is 11.6 Å². The number of fused-ring (bicyclic) bond motifs is 1. The van der Waals surface area contributed by atoms with Gasteiger partial charge in [-0.05, 0) is 24.3 Å². The van der Waals surface area contributed by atoms with E-state index in [1.807, 2.05) is 13.0 Å². The van der Waals surface area contributed by atoms with Crippen LogP contribution >= 0.6 is 0 Å². The zero-order valence-corrected chi connectivity index (χ0v) is 10.2. The lowest BCUT2D eigenvalue weighted by Crippen LogP contribution is -2.33. The summed E-state index contributed by atoms with van der Waals surface area (Å²) in [7, 11) is 0. The van der Waals surface area contributed by atoms with Gasteiger partial charge in [0, 0.05) is 23.7 Å². The predicted octanol–water partition coefficient (Wildman–Crippen LogP) is 2.53. The van der Waals surface area contributed by atoms with Crippen molar-refractivity contribution in [2.75, 3.05) is 0 Å². The fourth-order valence-electron chi connectivity index (χ4n) is 4.33. The molecule has 0 radical (unpaired) electrons. The Labute approximate surface area is 96.1 Å². The van der Waals surface area contributed by atoms with Crippen molar-refractivity contribution in [3.05, 3.63) is 11.6 Å². The number of allylic oxidation sites excluding steroid dienone is 2. The summed E-state index contributed by atoms with van der Waals surface area (Å²) in [5, 5.41) is 0. The molecule has 0 aromatic carbocycles. The average molecular weight is 218 g/mol. The number of rotatable bonds is 0. The standard InChI is InChI=1S/C14H18O2/c1-8-11(16)6-12-13(2,3)9-7-14(8,12)5-4-10(9)15/h6,8-9H,4-5,7H2,1-3H3/t8-,9-,14-/m1/s1. The summed E-state index contributed by atoms with van der Waals surface area (Å²) in [6, 6.07) is 0. The number of carbonyl (C=O) groups is 2. The topological polar surface area (TPSA) is 34.1 Å². The third kappa shape index (κ3) is 0.899. The summed E-state index contributed by atoms with van der Waals surface area (Å²) >= 11 is 0. The summed E-state index contributed by atoms with van der Waals surface area (Å²) in [4.78, 5) is 23.9. The van der Waals surface area contributed by atoms with Crippen molar-refractivity contribution in [2.24, 2.45) is 22.7 Å². The first kappa shape index (κ1) is 10.2. The van der Waals surface area contributed by atoms with Crippen LogP contribution in [0.1, 0.15) is 40.0 Å². The summed E-state index contributed by atoms with van der Waals surface area (Å²) in [6.07, 6.45) is 4.33. The molecular weight excluding hydrogens is 200 g/mol. The van der Waals surface area contributed by atoms with Crippen LogP contribution in [0.3, 0.4) is 0 Å². The monoisotopic (exact) mass is 218 g/mol. The van der Waals surface area contributed by atoms with Crippen LogP contribution in [0.5, 0.6) is 0 Å². The maximum Gasteiger partial charge on any atom is 0.159 e. The van der Waals surface area contributed by atoms with Gasteiger partial charge in [0.2, 0.25) is 0 Å². The molecule has 0 amide bonds. The minimum atomic E-state index is -0.0893. The van der Waals surface area contributed by atoms with Gasteiger partial charge in [-0.25, -0.2) is 0 Å². The highest BCUT2D eigenvalue weighted by molar-refractivity contribution is 5.99. The molecule has 86 valence electrons. The highest BCUT2D eigenvalue weighted by atomic mass is 16.1. The first-order valence-corrected chi connectivity index (χ1v) is 6.19. The summed E-state index contributed by atoms with van der Waals surface area (Å²) in [5.41, 5.74) is 1.22. The van der Waals surface area contributed by atoms with Gasteiger partial charge < -0.3 is 0 Å². The molecule has 3 atom stereocenters. The molecule has 0 N–H and O–H groups in total. The van der Waals surface area contributed by atoms with Crippen LogP contribution in [-0.2, 0) is 9.59 Å². The molecule has 16 heavy (non-hydrogen) atoms. The fraction of sp³-hybridized carbons (Fsp3) is 0.714. The normalized spacial score (nSPS) is 44.6. The number of hydrogen-bond acceptors (Lipinski definition) is 2. The van der Waals surface area contributed by atoms with E-state index >= 15 is 0 Å². The highest BCUT2D eigenvalue weighted by Gasteiger charge is 2.63. The van der Waals surface area contributed by atoms with Crippen LogP contribution < -0.4 is 0 Å². The van der Waals surface area contributed by atoms with E-state index in [-0.39, 0.29) is 28.4 Å². The van der Waals surface area contributed by atoms with E-state index < -0.39 is 0 Å². The van der Waals surface area contributed by atoms with Gasteiger partial charge >= 0.3 is 0 Å². The molecule has 3 aliphatic rings. The zero-order chi connectivity index (χ0) is 11.7. The van der Waals surface area contributed by atoms with E-state index in [1.54, 1.807) is 0 Å². The zero-order valence-electron chi connectivity index (χ0n) is 10.2. The van der Waals surface area contributed by atoms with E-state index in [2.05, 4.69) is 13.8 Å². The van der Waals surface area contributed by atoms with Gasteiger partial charge in [0.05, 0.1) is 0 Å². The largest absolute Gasteiger partial charge is 0.299 e. The second-order valence-electron chi connectivity index (χ2n) is 6.28. The molecule has 2 fully saturated rings. The molecule has 0 aliphatic heterocycles. The maximum atomic E-state index is 12.0. The Hall–Kier alpha value is -0.920. The lowest BCUT2D eigenvalue weighted by Gasteiger charge is -2.34. The molecule has 1 spiro atoms. The molecule has 2 heteroatoms. The number of Topliss-reactive ketones (excluding diaryl/α,β-unsaturated/α-hetero) is 1. The van der Waals surface area contributed by atoms with Gasteiger partial charge in [0.15, 0.2) is 5.78 Å². The molecule has 0 aromatic rings. The van der Waals surface area contributed by atoms with Gasteiger partial charge in [-0.2, -0.15) is 0 Å². The Morgan fingerprint density at radius 2 is 2.00 bits per heavy atom. The van der Waals surface area contributed by atoms with Crippen LogP contribution in [0.25, 0.3) is 0 Å². The number of hydrogen-bond donors (Lipinski definition) is 0. The summed E-state index contributed by atoms with van der Waals surface area (Å²) < 4.78 is 0. The minimum absolute atomic E-state index is 0.0408. The Bertz CT molecular complexity index is 430. The van der Waals surface area contributed by atoms with E-state index in [9.17, 15) is 9.59 Å². The first-order valence-electron chi connectivity index (χ1n) is 6.19. The molecular formula is C14H18O2. The maximum absolute atomic E-state index is 12.0. The van der Waals surface area contributed by atoms with E-state index in [1.165, 1.54) is 5.57 Å². The SMILES string of the molecule is C[C@@H]1C(=O)C=C2C(C)(C)[C@@H]3C[C@@]21CCC3=O. The average Bonchev–Trinajstić information content (AvgIpc) is 2.57. The highest BCUT2D eigenvalue weighted by Crippen LogP contribution is 2.67. The molecule has 0 aromatic heterocycles. The molecule has 0 heterocycles. The van der Waals surface area contributed by atoms with Crippen molar-refractivity contribution in [1.29, 1.82) is 0 Å². The van der Waals surface area contributed by atoms with Gasteiger partial charge in [-0.15, -0.1) is 0 Å². The molecule has 2 saturated carbocycles. The van der Waals surface area contributed by atoms with Crippen molar-refractivity contribution < 1.29 is 9.59 Å². The minimum Gasteiger partial charge on any atom is -0.299 e. The van der Waals surface area contributed by atoms with Gasteiger partial charge in [-0.1, -0.05) is 26.3 Å². The molecule has 3 rings (SSSR count). The summed E-state index contributed by atoms with van der Waals surface area (Å²) in [5.74, 6) is 0.935. The van der Waals surface area contributed by atoms with Gasteiger partial charge in [0.25, 0.3) is 0 Å². The molecule has 0 saturated heterocycles. The Kier molecular flexibility index (Phi) is 1.71. The second-order valence-corrected chi connectivity index (χ2v) is 6.28. The molecule has 0 unspecified atom stereocenters. The van der Waals surface area contributed by atoms with E-state index in [0.29, 0.717) is 12.2 Å². The van der Waals surface area contributed by atoms with Crippen molar-refractivity contribution in [1.82, 2.24) is 0 Å². The van der Waals surface area contributed by atoms with E-state index in [4.69, 9.17) is 0 Å². The van der Waals surface area contributed by atoms with Crippen LogP contribution in [0.15, 0.2) is 11.6 Å². The lowest BCUT2D eigenvalue weighted by molar-refractivity contribution is -0.129. The van der Waals surface area contributed by atoms with E-state index in [0.717, 1.165) is 12.8 Å². The number of ketones is 2. The second kappa shape index (κ2) is 2.66. The van der Waals surface area contributed by atoms with Crippen molar-refractivity contribution in [3.63, 3.8) is 0 Å². The Morgan fingerprint density at radius 1 is 1.31 bits per heavy atom. The van der Waals surface area contributed by atoms with Crippen LogP contribution in [0.2, 0.25) is 0 Å². The third-order valence-electron chi connectivity index (χ3n) is 5.42. The smallest absolute Gasteiger partial charge is 0.159 e. The lowest BCUT2D eigenvalue weighted by atomic mass is 9.68. The van der Waals surface area contributed by atoms with Crippen LogP contribution in [-0.4, -0.2) is 11.6 Å². The third-order valence-corrected chi connectivity index (χ3v) is 5.42. The molecule has 3 aliphatic carbocycles. The Balaban J connectivity index is 2.19. The van der Waals surface area contributed by atoms with Crippen molar-refractivity contribution in [2.45, 2.75) is 40.0 Å². The van der Waals surface area contributed by atoms with Gasteiger partial charge in [-0.3, -0.25) is 9.59 Å². The fourth-order valence-corrected chi connectivity index (χ4v) is 4.33. The van der Waals surface area contributed by atoms with Crippen LogP contribution in [0, 0.1) is 22.7 Å². The first-order chi connectivity index (χ1) is 7.39.